The number of anilines is 2. The first-order valence-corrected chi connectivity index (χ1v) is 9.10. The van der Waals surface area contributed by atoms with Crippen LogP contribution in [0.25, 0.3) is 0 Å². The molecule has 0 aliphatic carbocycles. The second-order valence-corrected chi connectivity index (χ2v) is 6.64. The summed E-state index contributed by atoms with van der Waals surface area (Å²) in [5.74, 6) is 1.09. The largest absolute Gasteiger partial charge is 0.493 e. The van der Waals surface area contributed by atoms with E-state index in [1.807, 2.05) is 17.0 Å². The number of para-hydroxylation sites is 1. The first-order chi connectivity index (χ1) is 13.6. The maximum Gasteiger partial charge on any atom is 0.258 e. The summed E-state index contributed by atoms with van der Waals surface area (Å²) in [6, 6.07) is 5.42. The predicted molar refractivity (Wildman–Crippen MR) is 103 cm³/mol. The summed E-state index contributed by atoms with van der Waals surface area (Å²) >= 11 is 0. The van der Waals surface area contributed by atoms with Crippen molar-refractivity contribution in [2.24, 2.45) is 0 Å². The van der Waals surface area contributed by atoms with Crippen LogP contribution in [0.15, 0.2) is 23.0 Å². The fourth-order valence-corrected chi connectivity index (χ4v) is 3.74. The number of rotatable bonds is 4. The lowest BCUT2D eigenvalue weighted by atomic mass is 9.86. The highest BCUT2D eigenvalue weighted by Gasteiger charge is 2.34. The lowest BCUT2D eigenvalue weighted by molar-refractivity contribution is -0.116. The highest BCUT2D eigenvalue weighted by Crippen LogP contribution is 2.42. The highest BCUT2D eigenvalue weighted by molar-refractivity contribution is 5.94. The number of morpholine rings is 1. The van der Waals surface area contributed by atoms with Gasteiger partial charge in [-0.1, -0.05) is 12.1 Å². The standard InChI is InChI=1S/C19H22N4O5/c1-26-13-5-3-4-11(16(13)27-2)12-10-14(24)20-17-15(12)18(25)22-19(21-17)23-6-8-28-9-7-23/h3-5,12H,6-10H2,1-2H3,(H2,20,21,22,24,25). The number of nitrogens with one attached hydrogen (secondary N) is 2. The lowest BCUT2D eigenvalue weighted by Gasteiger charge is -2.30. The number of carbonyl (C=O) groups excluding carboxylic acids is 1. The van der Waals surface area contributed by atoms with Crippen LogP contribution in [-0.4, -0.2) is 56.4 Å². The Hall–Kier alpha value is -3.07. The lowest BCUT2D eigenvalue weighted by Crippen LogP contribution is -2.40. The molecule has 1 unspecified atom stereocenters. The number of aromatic nitrogens is 2. The summed E-state index contributed by atoms with van der Waals surface area (Å²) in [5.41, 5.74) is 0.855. The van der Waals surface area contributed by atoms with Crippen LogP contribution in [0, 0.1) is 0 Å². The molecule has 0 saturated carbocycles. The summed E-state index contributed by atoms with van der Waals surface area (Å²) in [6.45, 7) is 2.39. The molecule has 9 nitrogen and oxygen atoms in total. The van der Waals surface area contributed by atoms with Crippen molar-refractivity contribution in [2.75, 3.05) is 50.7 Å². The molecule has 0 bridgehead atoms. The highest BCUT2D eigenvalue weighted by atomic mass is 16.5. The average molecular weight is 386 g/mol. The van der Waals surface area contributed by atoms with Gasteiger partial charge in [-0.15, -0.1) is 0 Å². The number of methoxy groups -OCH3 is 2. The molecule has 2 N–H and O–H groups in total. The van der Waals surface area contributed by atoms with Crippen molar-refractivity contribution in [3.8, 4) is 11.5 Å². The quantitative estimate of drug-likeness (QED) is 0.810. The van der Waals surface area contributed by atoms with Crippen LogP contribution in [0.2, 0.25) is 0 Å². The van der Waals surface area contributed by atoms with Gasteiger partial charge in [0.15, 0.2) is 11.5 Å². The number of hydrogen-bond donors (Lipinski definition) is 2. The number of hydrogen-bond acceptors (Lipinski definition) is 7. The molecule has 0 radical (unpaired) electrons. The van der Waals surface area contributed by atoms with Gasteiger partial charge in [-0.05, 0) is 6.07 Å². The predicted octanol–water partition coefficient (Wildman–Crippen LogP) is 1.10. The molecular formula is C19H22N4O5. The number of nitrogens with zero attached hydrogens (tertiary/aromatic N) is 2. The van der Waals surface area contributed by atoms with Crippen molar-refractivity contribution < 1.29 is 19.0 Å². The Morgan fingerprint density at radius 3 is 2.68 bits per heavy atom. The fraction of sp³-hybridized carbons (Fsp3) is 0.421. The monoisotopic (exact) mass is 386 g/mol. The van der Waals surface area contributed by atoms with Gasteiger partial charge < -0.3 is 24.4 Å². The Morgan fingerprint density at radius 2 is 1.96 bits per heavy atom. The first-order valence-electron chi connectivity index (χ1n) is 9.10. The molecule has 1 fully saturated rings. The number of H-pyrrole nitrogens is 1. The average Bonchev–Trinajstić information content (AvgIpc) is 2.72. The number of amides is 1. The molecule has 1 amide bonds. The number of ether oxygens (including phenoxy) is 3. The number of carbonyl (C=O) groups is 1. The Kier molecular flexibility index (Phi) is 4.91. The molecule has 1 aromatic carbocycles. The molecule has 1 saturated heterocycles. The molecular weight excluding hydrogens is 364 g/mol. The maximum absolute atomic E-state index is 13.0. The van der Waals surface area contributed by atoms with E-state index >= 15 is 0 Å². The third-order valence-electron chi connectivity index (χ3n) is 5.06. The summed E-state index contributed by atoms with van der Waals surface area (Å²) < 4.78 is 16.2. The van der Waals surface area contributed by atoms with Crippen LogP contribution in [0.4, 0.5) is 11.8 Å². The normalized spacial score (nSPS) is 19.0. The Labute approximate surface area is 161 Å². The third-order valence-corrected chi connectivity index (χ3v) is 5.06. The minimum atomic E-state index is -0.483. The van der Waals surface area contributed by atoms with Crippen LogP contribution < -0.4 is 25.2 Å². The van der Waals surface area contributed by atoms with Crippen LogP contribution in [0.3, 0.4) is 0 Å². The van der Waals surface area contributed by atoms with Crippen molar-refractivity contribution in [3.05, 3.63) is 39.7 Å². The molecule has 9 heteroatoms. The number of aromatic amines is 1. The van der Waals surface area contributed by atoms with Gasteiger partial charge in [0.05, 0.1) is 33.0 Å². The van der Waals surface area contributed by atoms with E-state index in [0.717, 1.165) is 0 Å². The molecule has 1 atom stereocenters. The van der Waals surface area contributed by atoms with E-state index < -0.39 is 5.92 Å². The van der Waals surface area contributed by atoms with Crippen molar-refractivity contribution in [3.63, 3.8) is 0 Å². The van der Waals surface area contributed by atoms with E-state index in [-0.39, 0.29) is 23.7 Å². The van der Waals surface area contributed by atoms with Gasteiger partial charge in [-0.3, -0.25) is 14.6 Å². The number of benzene rings is 1. The van der Waals surface area contributed by atoms with E-state index in [9.17, 15) is 9.59 Å². The summed E-state index contributed by atoms with van der Waals surface area (Å²) in [4.78, 5) is 34.7. The van der Waals surface area contributed by atoms with Crippen molar-refractivity contribution in [2.45, 2.75) is 12.3 Å². The Balaban J connectivity index is 1.82. The maximum atomic E-state index is 13.0. The molecule has 0 spiro atoms. The van der Waals surface area contributed by atoms with Crippen LogP contribution in [-0.2, 0) is 9.53 Å². The number of fused-ring (bicyclic) bond motifs is 1. The van der Waals surface area contributed by atoms with E-state index in [2.05, 4.69) is 15.3 Å². The fourth-order valence-electron chi connectivity index (χ4n) is 3.74. The van der Waals surface area contributed by atoms with E-state index in [0.29, 0.717) is 54.9 Å². The molecule has 2 aliphatic heterocycles. The third kappa shape index (κ3) is 3.18. The zero-order valence-corrected chi connectivity index (χ0v) is 15.8. The molecule has 2 aliphatic rings. The molecule has 3 heterocycles. The van der Waals surface area contributed by atoms with E-state index in [4.69, 9.17) is 14.2 Å². The molecule has 4 rings (SSSR count). The molecule has 148 valence electrons. The topological polar surface area (TPSA) is 106 Å². The minimum absolute atomic E-state index is 0.123. The molecule has 28 heavy (non-hydrogen) atoms. The van der Waals surface area contributed by atoms with Crippen LogP contribution in [0.5, 0.6) is 11.5 Å². The zero-order chi connectivity index (χ0) is 19.7. The molecule has 1 aromatic heterocycles. The van der Waals surface area contributed by atoms with Gasteiger partial charge in [-0.2, -0.15) is 4.98 Å². The van der Waals surface area contributed by atoms with E-state index in [1.54, 1.807) is 13.2 Å². The summed E-state index contributed by atoms with van der Waals surface area (Å²) in [7, 11) is 3.08. The van der Waals surface area contributed by atoms with Gasteiger partial charge in [0.2, 0.25) is 11.9 Å². The van der Waals surface area contributed by atoms with Gasteiger partial charge in [0.25, 0.3) is 5.56 Å². The van der Waals surface area contributed by atoms with Crippen LogP contribution in [0.1, 0.15) is 23.5 Å². The van der Waals surface area contributed by atoms with Crippen molar-refractivity contribution >= 4 is 17.7 Å². The zero-order valence-electron chi connectivity index (χ0n) is 15.8. The first kappa shape index (κ1) is 18.3. The van der Waals surface area contributed by atoms with Gasteiger partial charge >= 0.3 is 0 Å². The van der Waals surface area contributed by atoms with Gasteiger partial charge in [0.1, 0.15) is 5.82 Å². The van der Waals surface area contributed by atoms with Gasteiger partial charge in [-0.25, -0.2) is 0 Å². The minimum Gasteiger partial charge on any atom is -0.493 e. The second-order valence-electron chi connectivity index (χ2n) is 6.64. The molecule has 2 aromatic rings. The van der Waals surface area contributed by atoms with Crippen molar-refractivity contribution in [1.29, 1.82) is 0 Å². The van der Waals surface area contributed by atoms with Crippen molar-refractivity contribution in [1.82, 2.24) is 9.97 Å². The Morgan fingerprint density at radius 1 is 1.18 bits per heavy atom. The van der Waals surface area contributed by atoms with Gasteiger partial charge in [0, 0.05) is 31.0 Å². The second kappa shape index (κ2) is 7.51. The summed E-state index contributed by atoms with van der Waals surface area (Å²) in [6.07, 6.45) is 0.123. The SMILES string of the molecule is COc1cccc(C2CC(=O)Nc3nc(N4CCOCC4)[nH]c(=O)c32)c1OC. The van der Waals surface area contributed by atoms with E-state index in [1.165, 1.54) is 7.11 Å². The summed E-state index contributed by atoms with van der Waals surface area (Å²) in [5, 5.41) is 2.75. The smallest absolute Gasteiger partial charge is 0.258 e. The Bertz CT molecular complexity index is 952. The van der Waals surface area contributed by atoms with Crippen LogP contribution >= 0.6 is 0 Å².